The van der Waals surface area contributed by atoms with Crippen molar-refractivity contribution in [1.82, 2.24) is 5.32 Å². The van der Waals surface area contributed by atoms with E-state index in [1.54, 1.807) is 0 Å². The van der Waals surface area contributed by atoms with E-state index in [2.05, 4.69) is 29.6 Å². The number of benzene rings is 1. The van der Waals surface area contributed by atoms with E-state index < -0.39 is 0 Å². The average Bonchev–Trinajstić information content (AvgIpc) is 3.31. The molecule has 0 radical (unpaired) electrons. The van der Waals surface area contributed by atoms with Gasteiger partial charge in [0.05, 0.1) is 6.61 Å². The van der Waals surface area contributed by atoms with Gasteiger partial charge in [-0.2, -0.15) is 0 Å². The Hall–Kier alpha value is -1.02. The van der Waals surface area contributed by atoms with Crippen LogP contribution in [-0.4, -0.2) is 19.2 Å². The van der Waals surface area contributed by atoms with Crippen LogP contribution in [0.15, 0.2) is 24.3 Å². The molecule has 3 fully saturated rings. The maximum absolute atomic E-state index is 5.57. The quantitative estimate of drug-likeness (QED) is 0.852. The number of rotatable bonds is 6. The topological polar surface area (TPSA) is 21.3 Å². The molecule has 1 aromatic rings. The molecule has 3 saturated carbocycles. The van der Waals surface area contributed by atoms with E-state index in [4.69, 9.17) is 4.74 Å². The summed E-state index contributed by atoms with van der Waals surface area (Å²) < 4.78 is 5.57. The molecular weight excluding hydrogens is 246 g/mol. The van der Waals surface area contributed by atoms with E-state index in [9.17, 15) is 0 Å². The van der Waals surface area contributed by atoms with Gasteiger partial charge >= 0.3 is 0 Å². The molecule has 2 nitrogen and oxygen atoms in total. The standard InChI is InChI=1S/C18H25NO/c1-2-20-16-7-3-14(4-8-16)18(13-19-15-5-6-15)11-17(12-18)9-10-17/h3-4,7-8,15,19H,2,5-6,9-13H2,1H3. The van der Waals surface area contributed by atoms with Crippen molar-refractivity contribution in [2.45, 2.75) is 56.9 Å². The second-order valence-electron chi connectivity index (χ2n) is 7.25. The van der Waals surface area contributed by atoms with Crippen LogP contribution in [0.1, 0.15) is 51.0 Å². The Morgan fingerprint density at radius 3 is 2.40 bits per heavy atom. The van der Waals surface area contributed by atoms with Crippen LogP contribution in [0.5, 0.6) is 5.75 Å². The Bertz CT molecular complexity index is 477. The fourth-order valence-corrected chi connectivity index (χ4v) is 4.04. The third kappa shape index (κ3) is 2.24. The fourth-order valence-electron chi connectivity index (χ4n) is 4.04. The van der Waals surface area contributed by atoms with Crippen molar-refractivity contribution in [3.63, 3.8) is 0 Å². The van der Waals surface area contributed by atoms with Crippen LogP contribution >= 0.6 is 0 Å². The maximum Gasteiger partial charge on any atom is 0.119 e. The van der Waals surface area contributed by atoms with Gasteiger partial charge in [0.25, 0.3) is 0 Å². The molecule has 0 amide bonds. The summed E-state index contributed by atoms with van der Waals surface area (Å²) in [6.07, 6.45) is 8.49. The largest absolute Gasteiger partial charge is 0.494 e. The average molecular weight is 271 g/mol. The van der Waals surface area contributed by atoms with Gasteiger partial charge in [0.2, 0.25) is 0 Å². The Morgan fingerprint density at radius 2 is 1.85 bits per heavy atom. The third-order valence-electron chi connectivity index (χ3n) is 5.47. The van der Waals surface area contributed by atoms with E-state index in [1.165, 1.54) is 50.6 Å². The summed E-state index contributed by atoms with van der Waals surface area (Å²) in [6, 6.07) is 9.71. The Balaban J connectivity index is 1.50. The summed E-state index contributed by atoms with van der Waals surface area (Å²) in [7, 11) is 0. The van der Waals surface area contributed by atoms with Gasteiger partial charge in [-0.05, 0) is 68.6 Å². The monoisotopic (exact) mass is 271 g/mol. The molecule has 4 rings (SSSR count). The maximum atomic E-state index is 5.57. The number of hydrogen-bond acceptors (Lipinski definition) is 2. The molecule has 1 aromatic carbocycles. The summed E-state index contributed by atoms with van der Waals surface area (Å²) >= 11 is 0. The third-order valence-corrected chi connectivity index (χ3v) is 5.47. The summed E-state index contributed by atoms with van der Waals surface area (Å²) in [5.41, 5.74) is 2.67. The van der Waals surface area contributed by atoms with Gasteiger partial charge in [-0.1, -0.05) is 12.1 Å². The Kier molecular flexibility index (Phi) is 2.85. The molecule has 0 bridgehead atoms. The SMILES string of the molecule is CCOc1ccc(C2(CNC3CC3)CC3(CC3)C2)cc1. The van der Waals surface area contributed by atoms with Gasteiger partial charge < -0.3 is 10.1 Å². The van der Waals surface area contributed by atoms with Gasteiger partial charge in [0.1, 0.15) is 5.75 Å². The molecule has 0 atom stereocenters. The summed E-state index contributed by atoms with van der Waals surface area (Å²) in [5, 5.41) is 3.77. The molecule has 20 heavy (non-hydrogen) atoms. The lowest BCUT2D eigenvalue weighted by Crippen LogP contribution is -2.50. The molecule has 108 valence electrons. The molecular formula is C18H25NO. The molecule has 0 unspecified atom stereocenters. The molecule has 3 aliphatic rings. The zero-order valence-electron chi connectivity index (χ0n) is 12.5. The van der Waals surface area contributed by atoms with Crippen LogP contribution in [0.4, 0.5) is 0 Å². The Labute approximate surface area is 121 Å². The van der Waals surface area contributed by atoms with Crippen LogP contribution in [0.2, 0.25) is 0 Å². The van der Waals surface area contributed by atoms with Crippen LogP contribution in [-0.2, 0) is 5.41 Å². The van der Waals surface area contributed by atoms with Gasteiger partial charge in [-0.3, -0.25) is 0 Å². The van der Waals surface area contributed by atoms with Crippen molar-refractivity contribution in [2.24, 2.45) is 5.41 Å². The molecule has 0 aromatic heterocycles. The fraction of sp³-hybridized carbons (Fsp3) is 0.667. The highest BCUT2D eigenvalue weighted by molar-refractivity contribution is 5.37. The van der Waals surface area contributed by atoms with Crippen molar-refractivity contribution in [3.8, 4) is 5.75 Å². The summed E-state index contributed by atoms with van der Waals surface area (Å²) in [6.45, 7) is 3.96. The lowest BCUT2D eigenvalue weighted by molar-refractivity contribution is 0.115. The highest BCUT2D eigenvalue weighted by Crippen LogP contribution is 2.68. The smallest absolute Gasteiger partial charge is 0.119 e. The van der Waals surface area contributed by atoms with E-state index in [-0.39, 0.29) is 0 Å². The first kappa shape index (κ1) is 12.7. The van der Waals surface area contributed by atoms with E-state index in [0.717, 1.165) is 23.8 Å². The zero-order valence-corrected chi connectivity index (χ0v) is 12.5. The Morgan fingerprint density at radius 1 is 1.15 bits per heavy atom. The minimum Gasteiger partial charge on any atom is -0.494 e. The first-order valence-electron chi connectivity index (χ1n) is 8.20. The van der Waals surface area contributed by atoms with E-state index in [1.807, 2.05) is 6.92 Å². The molecule has 0 heterocycles. The predicted octanol–water partition coefficient (Wildman–Crippen LogP) is 3.65. The molecule has 0 saturated heterocycles. The first-order chi connectivity index (χ1) is 9.74. The zero-order chi connectivity index (χ0) is 13.6. The summed E-state index contributed by atoms with van der Waals surface area (Å²) in [5.74, 6) is 1.00. The van der Waals surface area contributed by atoms with Gasteiger partial charge in [-0.15, -0.1) is 0 Å². The minimum atomic E-state index is 0.407. The van der Waals surface area contributed by atoms with Crippen molar-refractivity contribution in [3.05, 3.63) is 29.8 Å². The number of nitrogens with one attached hydrogen (secondary N) is 1. The normalized spacial score (nSPS) is 25.2. The molecule has 2 heteroatoms. The summed E-state index contributed by atoms with van der Waals surface area (Å²) in [4.78, 5) is 0. The predicted molar refractivity (Wildman–Crippen MR) is 81.2 cm³/mol. The van der Waals surface area contributed by atoms with Crippen molar-refractivity contribution in [1.29, 1.82) is 0 Å². The minimum absolute atomic E-state index is 0.407. The molecule has 1 spiro atoms. The van der Waals surface area contributed by atoms with Gasteiger partial charge in [0.15, 0.2) is 0 Å². The van der Waals surface area contributed by atoms with Gasteiger partial charge in [-0.25, -0.2) is 0 Å². The van der Waals surface area contributed by atoms with E-state index in [0.29, 0.717) is 5.41 Å². The lowest BCUT2D eigenvalue weighted by atomic mass is 9.56. The first-order valence-corrected chi connectivity index (χ1v) is 8.20. The van der Waals surface area contributed by atoms with Crippen molar-refractivity contribution >= 4 is 0 Å². The van der Waals surface area contributed by atoms with Crippen LogP contribution in [0.3, 0.4) is 0 Å². The van der Waals surface area contributed by atoms with Crippen molar-refractivity contribution in [2.75, 3.05) is 13.2 Å². The number of ether oxygens (including phenoxy) is 1. The number of hydrogen-bond donors (Lipinski definition) is 1. The highest BCUT2D eigenvalue weighted by Gasteiger charge is 2.61. The lowest BCUT2D eigenvalue weighted by Gasteiger charge is -2.49. The van der Waals surface area contributed by atoms with Crippen LogP contribution < -0.4 is 10.1 Å². The highest BCUT2D eigenvalue weighted by atomic mass is 16.5. The van der Waals surface area contributed by atoms with Crippen LogP contribution in [0, 0.1) is 5.41 Å². The molecule has 0 aliphatic heterocycles. The second kappa shape index (κ2) is 4.49. The molecule has 3 aliphatic carbocycles. The second-order valence-corrected chi connectivity index (χ2v) is 7.25. The van der Waals surface area contributed by atoms with Gasteiger partial charge in [0, 0.05) is 18.0 Å². The van der Waals surface area contributed by atoms with Crippen LogP contribution in [0.25, 0.3) is 0 Å². The van der Waals surface area contributed by atoms with Crippen molar-refractivity contribution < 1.29 is 4.74 Å². The molecule has 1 N–H and O–H groups in total. The van der Waals surface area contributed by atoms with E-state index >= 15 is 0 Å².